The lowest BCUT2D eigenvalue weighted by Gasteiger charge is -2.44. The molecule has 2 fully saturated rings. The monoisotopic (exact) mass is 326 g/mol. The summed E-state index contributed by atoms with van der Waals surface area (Å²) in [6.45, 7) is 0.348. The molecular weight excluding hydrogens is 308 g/mol. The molecule has 0 aliphatic carbocycles. The van der Waals surface area contributed by atoms with Gasteiger partial charge in [0.2, 0.25) is 0 Å². The van der Waals surface area contributed by atoms with Gasteiger partial charge in [0, 0.05) is 11.1 Å². The molecule has 2 heterocycles. The number of fused-ring (bicyclic) bond motifs is 1. The van der Waals surface area contributed by atoms with Crippen molar-refractivity contribution in [2.45, 2.75) is 30.9 Å². The molecule has 5 atom stereocenters. The van der Waals surface area contributed by atoms with E-state index in [-0.39, 0.29) is 6.10 Å². The molecule has 2 aliphatic heterocycles. The van der Waals surface area contributed by atoms with Crippen molar-refractivity contribution in [3.05, 3.63) is 71.8 Å². The normalized spacial score (nSPS) is 32.8. The van der Waals surface area contributed by atoms with E-state index in [1.807, 2.05) is 60.7 Å². The summed E-state index contributed by atoms with van der Waals surface area (Å²) in [5, 5.41) is 0. The Morgan fingerprint density at radius 3 is 2.04 bits per heavy atom. The van der Waals surface area contributed by atoms with Gasteiger partial charge in [-0.05, 0) is 0 Å². The van der Waals surface area contributed by atoms with Crippen LogP contribution in [0.1, 0.15) is 23.7 Å². The third-order valence-corrected chi connectivity index (χ3v) is 4.24. The molecule has 2 unspecified atom stereocenters. The van der Waals surface area contributed by atoms with E-state index in [0.29, 0.717) is 6.61 Å². The predicted molar refractivity (Wildman–Crippen MR) is 85.0 cm³/mol. The summed E-state index contributed by atoms with van der Waals surface area (Å²) in [7, 11) is 0. The maximum Gasteiger partial charge on any atom is 0.185 e. The molecule has 2 aromatic carbocycles. The van der Waals surface area contributed by atoms with Gasteiger partial charge in [0.1, 0.15) is 18.3 Å². The van der Waals surface area contributed by atoms with Crippen molar-refractivity contribution in [2.24, 2.45) is 0 Å². The Morgan fingerprint density at radius 1 is 0.792 bits per heavy atom. The maximum atomic E-state index is 11.5. The minimum absolute atomic E-state index is 0.348. The van der Waals surface area contributed by atoms with E-state index in [9.17, 15) is 4.79 Å². The topological polar surface area (TPSA) is 54.0 Å². The van der Waals surface area contributed by atoms with Gasteiger partial charge in [-0.3, -0.25) is 0 Å². The highest BCUT2D eigenvalue weighted by atomic mass is 16.8. The third-order valence-electron chi connectivity index (χ3n) is 4.24. The molecule has 5 nitrogen and oxygen atoms in total. The fourth-order valence-corrected chi connectivity index (χ4v) is 3.03. The van der Waals surface area contributed by atoms with Crippen LogP contribution in [0.4, 0.5) is 0 Å². The smallest absolute Gasteiger partial charge is 0.185 e. The first-order valence-electron chi connectivity index (χ1n) is 7.98. The minimum atomic E-state index is -0.691. The van der Waals surface area contributed by atoms with Gasteiger partial charge >= 0.3 is 0 Å². The average molecular weight is 326 g/mol. The summed E-state index contributed by atoms with van der Waals surface area (Å²) in [5.41, 5.74) is 1.78. The predicted octanol–water partition coefficient (Wildman–Crippen LogP) is 2.78. The molecule has 0 radical (unpaired) electrons. The zero-order valence-electron chi connectivity index (χ0n) is 13.0. The third kappa shape index (κ3) is 2.99. The molecule has 2 aromatic rings. The molecular formula is C19H18O5. The Labute approximate surface area is 140 Å². The summed E-state index contributed by atoms with van der Waals surface area (Å²) < 4.78 is 23.5. The lowest BCUT2D eigenvalue weighted by Crippen LogP contribution is -2.54. The van der Waals surface area contributed by atoms with Crippen LogP contribution in [-0.2, 0) is 23.7 Å². The Kier molecular flexibility index (Phi) is 4.40. The highest BCUT2D eigenvalue weighted by Crippen LogP contribution is 2.37. The van der Waals surface area contributed by atoms with Crippen molar-refractivity contribution in [2.75, 3.05) is 6.61 Å². The maximum absolute atomic E-state index is 11.5. The lowest BCUT2D eigenvalue weighted by atomic mass is 10.0. The van der Waals surface area contributed by atoms with Gasteiger partial charge in [0.25, 0.3) is 0 Å². The van der Waals surface area contributed by atoms with Gasteiger partial charge in [-0.15, -0.1) is 0 Å². The van der Waals surface area contributed by atoms with Crippen LogP contribution < -0.4 is 0 Å². The van der Waals surface area contributed by atoms with Gasteiger partial charge < -0.3 is 23.7 Å². The van der Waals surface area contributed by atoms with E-state index in [1.165, 1.54) is 0 Å². The molecule has 0 spiro atoms. The van der Waals surface area contributed by atoms with Gasteiger partial charge in [-0.1, -0.05) is 60.7 Å². The van der Waals surface area contributed by atoms with Crippen molar-refractivity contribution in [3.63, 3.8) is 0 Å². The standard InChI is InChI=1S/C19H18O5/c20-11-15-17-16(23-19(22-15)14-9-5-2-6-10-14)12-21-18(24-17)13-7-3-1-4-8-13/h1-11,15-19H,12H2/t15-,16+,17-,18?,19?/m0/s1. The molecule has 5 heteroatoms. The van der Waals surface area contributed by atoms with Gasteiger partial charge in [-0.2, -0.15) is 0 Å². The number of hydrogen-bond donors (Lipinski definition) is 0. The molecule has 4 rings (SSSR count). The minimum Gasteiger partial charge on any atom is -0.346 e. The number of benzene rings is 2. The Balaban J connectivity index is 1.52. The molecule has 0 amide bonds. The van der Waals surface area contributed by atoms with Crippen molar-refractivity contribution in [1.82, 2.24) is 0 Å². The SMILES string of the molecule is O=C[C@@H]1OC(c2ccccc2)O[C@@H]2COC(c3ccccc3)O[C@@H]12. The first-order valence-corrected chi connectivity index (χ1v) is 7.98. The summed E-state index contributed by atoms with van der Waals surface area (Å²) in [5.74, 6) is 0. The van der Waals surface area contributed by atoms with Crippen LogP contribution in [0, 0.1) is 0 Å². The second-order valence-corrected chi connectivity index (χ2v) is 5.83. The molecule has 0 saturated carbocycles. The number of hydrogen-bond acceptors (Lipinski definition) is 5. The highest BCUT2D eigenvalue weighted by molar-refractivity contribution is 5.57. The molecule has 0 bridgehead atoms. The van der Waals surface area contributed by atoms with E-state index in [4.69, 9.17) is 18.9 Å². The molecule has 0 N–H and O–H groups in total. The Hall–Kier alpha value is -2.05. The molecule has 124 valence electrons. The quantitative estimate of drug-likeness (QED) is 0.812. The number of ether oxygens (including phenoxy) is 4. The summed E-state index contributed by atoms with van der Waals surface area (Å²) in [6.07, 6.45) is -1.85. The van der Waals surface area contributed by atoms with Crippen LogP contribution in [0.25, 0.3) is 0 Å². The van der Waals surface area contributed by atoms with Crippen molar-refractivity contribution in [1.29, 1.82) is 0 Å². The summed E-state index contributed by atoms with van der Waals surface area (Å²) in [6, 6.07) is 19.2. The van der Waals surface area contributed by atoms with E-state index >= 15 is 0 Å². The van der Waals surface area contributed by atoms with E-state index in [2.05, 4.69) is 0 Å². The summed E-state index contributed by atoms with van der Waals surface area (Å²) in [4.78, 5) is 11.5. The highest BCUT2D eigenvalue weighted by Gasteiger charge is 2.45. The van der Waals surface area contributed by atoms with E-state index < -0.39 is 24.8 Å². The largest absolute Gasteiger partial charge is 0.346 e. The van der Waals surface area contributed by atoms with Gasteiger partial charge in [0.05, 0.1) is 6.61 Å². The number of carbonyl (C=O) groups excluding carboxylic acids is 1. The fraction of sp³-hybridized carbons (Fsp3) is 0.316. The molecule has 24 heavy (non-hydrogen) atoms. The van der Waals surface area contributed by atoms with Crippen LogP contribution in [-0.4, -0.2) is 31.2 Å². The van der Waals surface area contributed by atoms with Crippen LogP contribution in [0.5, 0.6) is 0 Å². The zero-order valence-corrected chi connectivity index (χ0v) is 13.0. The van der Waals surface area contributed by atoms with Crippen molar-refractivity contribution >= 4 is 6.29 Å². The van der Waals surface area contributed by atoms with E-state index in [0.717, 1.165) is 17.4 Å². The fourth-order valence-electron chi connectivity index (χ4n) is 3.03. The van der Waals surface area contributed by atoms with Gasteiger partial charge in [-0.25, -0.2) is 0 Å². The number of rotatable bonds is 3. The Bertz CT molecular complexity index is 675. The van der Waals surface area contributed by atoms with E-state index in [1.54, 1.807) is 0 Å². The Morgan fingerprint density at radius 2 is 1.42 bits per heavy atom. The summed E-state index contributed by atoms with van der Waals surface area (Å²) >= 11 is 0. The van der Waals surface area contributed by atoms with Gasteiger partial charge in [0.15, 0.2) is 18.9 Å². The number of carbonyl (C=O) groups is 1. The molecule has 0 aromatic heterocycles. The van der Waals surface area contributed by atoms with Crippen molar-refractivity contribution < 1.29 is 23.7 Å². The van der Waals surface area contributed by atoms with Crippen LogP contribution in [0.15, 0.2) is 60.7 Å². The zero-order chi connectivity index (χ0) is 16.4. The second kappa shape index (κ2) is 6.83. The molecule has 2 aliphatic rings. The van der Waals surface area contributed by atoms with Crippen molar-refractivity contribution in [3.8, 4) is 0 Å². The first kappa shape index (κ1) is 15.5. The first-order chi connectivity index (χ1) is 11.8. The molecule has 2 saturated heterocycles. The lowest BCUT2D eigenvalue weighted by molar-refractivity contribution is -0.355. The average Bonchev–Trinajstić information content (AvgIpc) is 2.68. The van der Waals surface area contributed by atoms with Crippen LogP contribution >= 0.6 is 0 Å². The van der Waals surface area contributed by atoms with Crippen LogP contribution in [0.3, 0.4) is 0 Å². The van der Waals surface area contributed by atoms with Crippen LogP contribution in [0.2, 0.25) is 0 Å². The number of aldehydes is 1. The second-order valence-electron chi connectivity index (χ2n) is 5.83.